The molecular formula is C27H22FN5O3. The first-order chi connectivity index (χ1) is 17.3. The van der Waals surface area contributed by atoms with Gasteiger partial charge in [0.2, 0.25) is 17.2 Å². The van der Waals surface area contributed by atoms with Crippen LogP contribution in [0.25, 0.3) is 33.9 Å². The van der Waals surface area contributed by atoms with Crippen LogP contribution in [0.4, 0.5) is 10.1 Å². The van der Waals surface area contributed by atoms with E-state index in [2.05, 4.69) is 20.4 Å². The van der Waals surface area contributed by atoms with Crippen molar-refractivity contribution >= 4 is 22.6 Å². The van der Waals surface area contributed by atoms with E-state index in [4.69, 9.17) is 4.52 Å². The number of hydrogen-bond acceptors (Lipinski definition) is 6. The molecule has 0 atom stereocenters. The maximum Gasteiger partial charge on any atom is 0.263 e. The topological polar surface area (TPSA) is 103 Å². The lowest BCUT2D eigenvalue weighted by atomic mass is 10.1. The Hall–Kier alpha value is -4.66. The van der Waals surface area contributed by atoms with Crippen LogP contribution < -0.4 is 10.7 Å². The highest BCUT2D eigenvalue weighted by Crippen LogP contribution is 2.24. The molecule has 0 bridgehead atoms. The third kappa shape index (κ3) is 4.38. The lowest BCUT2D eigenvalue weighted by molar-refractivity contribution is -0.116. The summed E-state index contributed by atoms with van der Waals surface area (Å²) in [5.74, 6) is -0.635. The number of rotatable bonds is 5. The molecule has 5 rings (SSSR count). The Morgan fingerprint density at radius 2 is 1.83 bits per heavy atom. The average Bonchev–Trinajstić information content (AvgIpc) is 3.32. The molecular weight excluding hydrogens is 461 g/mol. The van der Waals surface area contributed by atoms with Gasteiger partial charge in [0.25, 0.3) is 5.89 Å². The van der Waals surface area contributed by atoms with Gasteiger partial charge >= 0.3 is 0 Å². The van der Waals surface area contributed by atoms with E-state index in [-0.39, 0.29) is 29.1 Å². The van der Waals surface area contributed by atoms with Crippen LogP contribution in [-0.4, -0.2) is 25.6 Å². The summed E-state index contributed by atoms with van der Waals surface area (Å²) in [6.07, 6.45) is 1.47. The first kappa shape index (κ1) is 23.1. The van der Waals surface area contributed by atoms with Gasteiger partial charge in [-0.05, 0) is 56.2 Å². The number of pyridine rings is 2. The van der Waals surface area contributed by atoms with Crippen LogP contribution in [-0.2, 0) is 11.3 Å². The normalized spacial score (nSPS) is 11.1. The molecule has 0 unspecified atom stereocenters. The molecule has 0 spiro atoms. The second-order valence-corrected chi connectivity index (χ2v) is 8.59. The maximum atomic E-state index is 14.3. The van der Waals surface area contributed by atoms with E-state index in [1.54, 1.807) is 32.0 Å². The van der Waals surface area contributed by atoms with E-state index in [9.17, 15) is 14.0 Å². The van der Waals surface area contributed by atoms with Crippen molar-refractivity contribution in [3.8, 4) is 22.8 Å². The Bertz CT molecular complexity index is 1690. The molecule has 8 nitrogen and oxygen atoms in total. The minimum absolute atomic E-state index is 0.0273. The number of hydrogen-bond donors (Lipinski definition) is 1. The molecule has 1 N–H and O–H groups in total. The number of aromatic nitrogens is 4. The molecule has 1 amide bonds. The van der Waals surface area contributed by atoms with Crippen molar-refractivity contribution in [3.63, 3.8) is 0 Å². The summed E-state index contributed by atoms with van der Waals surface area (Å²) in [5.41, 5.74) is 3.33. The average molecular weight is 484 g/mol. The molecule has 0 aliphatic rings. The molecule has 0 saturated carbocycles. The molecule has 0 radical (unpaired) electrons. The van der Waals surface area contributed by atoms with E-state index >= 15 is 0 Å². The monoisotopic (exact) mass is 483 g/mol. The number of nitrogens with zero attached hydrogens (tertiary/aromatic N) is 4. The smallest absolute Gasteiger partial charge is 0.263 e. The summed E-state index contributed by atoms with van der Waals surface area (Å²) in [7, 11) is 0. The molecule has 0 aliphatic heterocycles. The van der Waals surface area contributed by atoms with Crippen LogP contribution in [0.2, 0.25) is 0 Å². The summed E-state index contributed by atoms with van der Waals surface area (Å²) in [6, 6.07) is 15.5. The lowest BCUT2D eigenvalue weighted by Gasteiger charge is -2.13. The van der Waals surface area contributed by atoms with Crippen LogP contribution >= 0.6 is 0 Å². The molecule has 2 aromatic carbocycles. The van der Waals surface area contributed by atoms with Gasteiger partial charge in [0.1, 0.15) is 23.6 Å². The van der Waals surface area contributed by atoms with Gasteiger partial charge in [-0.2, -0.15) is 4.98 Å². The van der Waals surface area contributed by atoms with Gasteiger partial charge in [0.15, 0.2) is 0 Å². The zero-order valence-electron chi connectivity index (χ0n) is 19.9. The summed E-state index contributed by atoms with van der Waals surface area (Å²) in [5, 5.41) is 6.92. The van der Waals surface area contributed by atoms with Crippen molar-refractivity contribution in [2.45, 2.75) is 27.3 Å². The van der Waals surface area contributed by atoms with Crippen molar-refractivity contribution in [2.24, 2.45) is 0 Å². The zero-order valence-corrected chi connectivity index (χ0v) is 19.9. The fourth-order valence-electron chi connectivity index (χ4n) is 3.96. The van der Waals surface area contributed by atoms with Gasteiger partial charge in [0, 0.05) is 17.5 Å². The molecule has 3 heterocycles. The quantitative estimate of drug-likeness (QED) is 0.385. The minimum atomic E-state index is -0.530. The first-order valence-corrected chi connectivity index (χ1v) is 11.3. The number of anilines is 1. The van der Waals surface area contributed by atoms with Crippen molar-refractivity contribution in [3.05, 3.63) is 93.7 Å². The molecule has 3 aromatic heterocycles. The summed E-state index contributed by atoms with van der Waals surface area (Å²) in [6.45, 7) is 5.26. The minimum Gasteiger partial charge on any atom is -0.333 e. The Morgan fingerprint density at radius 1 is 1.03 bits per heavy atom. The largest absolute Gasteiger partial charge is 0.333 e. The van der Waals surface area contributed by atoms with E-state index in [1.807, 2.05) is 31.2 Å². The highest BCUT2D eigenvalue weighted by Gasteiger charge is 2.20. The fourth-order valence-corrected chi connectivity index (χ4v) is 3.96. The molecule has 9 heteroatoms. The van der Waals surface area contributed by atoms with Crippen LogP contribution in [0.1, 0.15) is 16.8 Å². The third-order valence-corrected chi connectivity index (χ3v) is 5.82. The van der Waals surface area contributed by atoms with Crippen molar-refractivity contribution < 1.29 is 13.7 Å². The van der Waals surface area contributed by atoms with Crippen LogP contribution in [0.5, 0.6) is 0 Å². The van der Waals surface area contributed by atoms with Gasteiger partial charge in [-0.25, -0.2) is 9.37 Å². The first-order valence-electron chi connectivity index (χ1n) is 11.3. The van der Waals surface area contributed by atoms with Gasteiger partial charge in [-0.1, -0.05) is 35.5 Å². The fraction of sp³-hybridized carbons (Fsp3) is 0.148. The highest BCUT2D eigenvalue weighted by molar-refractivity contribution is 5.92. The number of carbonyl (C=O) groups is 1. The number of benzene rings is 2. The number of carbonyl (C=O) groups excluding carboxylic acids is 1. The summed E-state index contributed by atoms with van der Waals surface area (Å²) < 4.78 is 21.2. The Morgan fingerprint density at radius 3 is 2.61 bits per heavy atom. The summed E-state index contributed by atoms with van der Waals surface area (Å²) >= 11 is 0. The molecule has 0 saturated heterocycles. The maximum absolute atomic E-state index is 14.3. The van der Waals surface area contributed by atoms with Crippen molar-refractivity contribution in [1.82, 2.24) is 19.7 Å². The number of halogens is 1. The molecule has 0 fully saturated rings. The lowest BCUT2D eigenvalue weighted by Crippen LogP contribution is -2.22. The van der Waals surface area contributed by atoms with Gasteiger partial charge in [-0.3, -0.25) is 9.59 Å². The number of fused-ring (bicyclic) bond motifs is 1. The highest BCUT2D eigenvalue weighted by atomic mass is 19.1. The number of aryl methyl sites for hydroxylation is 3. The zero-order chi connectivity index (χ0) is 25.4. The second-order valence-electron chi connectivity index (χ2n) is 8.59. The van der Waals surface area contributed by atoms with Crippen LogP contribution in [0.3, 0.4) is 0 Å². The van der Waals surface area contributed by atoms with Gasteiger partial charge in [0.05, 0.1) is 11.1 Å². The predicted octanol–water partition coefficient (Wildman–Crippen LogP) is 4.82. The van der Waals surface area contributed by atoms with Crippen molar-refractivity contribution in [1.29, 1.82) is 0 Å². The van der Waals surface area contributed by atoms with E-state index in [1.165, 1.54) is 22.9 Å². The SMILES string of the molecule is Cc1ccc(NC(=O)Cn2cc(-c3nc(-c4ccccc4C)no3)c(=O)c3ccc(C)nc32)c(F)c1. The number of amides is 1. The Balaban J connectivity index is 1.56. The number of nitrogens with one attached hydrogen (secondary N) is 1. The van der Waals surface area contributed by atoms with Gasteiger partial charge < -0.3 is 14.4 Å². The molecule has 5 aromatic rings. The third-order valence-electron chi connectivity index (χ3n) is 5.82. The van der Waals surface area contributed by atoms with E-state index in [0.717, 1.165) is 16.7 Å². The van der Waals surface area contributed by atoms with E-state index < -0.39 is 11.7 Å². The van der Waals surface area contributed by atoms with Crippen molar-refractivity contribution in [2.75, 3.05) is 5.32 Å². The second kappa shape index (κ2) is 9.18. The molecule has 180 valence electrons. The molecule has 0 aliphatic carbocycles. The Kier molecular flexibility index (Phi) is 5.89. The standard InChI is InChI=1S/C27H22FN5O3/c1-15-8-11-22(21(28)12-15)30-23(34)14-33-13-20(24(35)19-10-9-17(3)29-26(19)33)27-31-25(32-36-27)18-7-5-4-6-16(18)2/h4-13H,14H2,1-3H3,(H,30,34). The van der Waals surface area contributed by atoms with Gasteiger partial charge in [-0.15, -0.1) is 0 Å². The summed E-state index contributed by atoms with van der Waals surface area (Å²) in [4.78, 5) is 35.1. The Labute approximate surface area is 205 Å². The van der Waals surface area contributed by atoms with Crippen LogP contribution in [0, 0.1) is 26.6 Å². The van der Waals surface area contributed by atoms with E-state index in [0.29, 0.717) is 22.6 Å². The molecule has 36 heavy (non-hydrogen) atoms. The predicted molar refractivity (Wildman–Crippen MR) is 134 cm³/mol. The van der Waals surface area contributed by atoms with Crippen LogP contribution in [0.15, 0.2) is 70.1 Å².